The van der Waals surface area contributed by atoms with Crippen molar-refractivity contribution in [1.82, 2.24) is 9.36 Å². The lowest BCUT2D eigenvalue weighted by molar-refractivity contribution is 0.438. The van der Waals surface area contributed by atoms with Crippen LogP contribution in [0.5, 0.6) is 0 Å². The van der Waals surface area contributed by atoms with Crippen molar-refractivity contribution in [1.29, 1.82) is 0 Å². The van der Waals surface area contributed by atoms with E-state index in [1.807, 2.05) is 6.92 Å². The number of hydrogen-bond donors (Lipinski definition) is 1. The highest BCUT2D eigenvalue weighted by molar-refractivity contribution is 7.09. The fourth-order valence-corrected chi connectivity index (χ4v) is 3.09. The van der Waals surface area contributed by atoms with Gasteiger partial charge < -0.3 is 10.2 Å². The van der Waals surface area contributed by atoms with Crippen LogP contribution in [0.25, 0.3) is 0 Å². The van der Waals surface area contributed by atoms with Gasteiger partial charge in [-0.2, -0.15) is 4.37 Å². The van der Waals surface area contributed by atoms with Gasteiger partial charge in [-0.25, -0.2) is 4.98 Å². The Balaban J connectivity index is 1.65. The number of nitrogens with zero attached hydrogens (tertiary/aromatic N) is 3. The van der Waals surface area contributed by atoms with Crippen LogP contribution in [0.3, 0.4) is 0 Å². The molecule has 0 amide bonds. The number of nitrogens with one attached hydrogen (secondary N) is 1. The fourth-order valence-electron chi connectivity index (χ4n) is 2.49. The van der Waals surface area contributed by atoms with Crippen LogP contribution < -0.4 is 10.2 Å². The molecule has 1 aliphatic heterocycles. The van der Waals surface area contributed by atoms with E-state index in [1.54, 1.807) is 0 Å². The van der Waals surface area contributed by atoms with Crippen molar-refractivity contribution in [3.05, 3.63) is 30.1 Å². The molecule has 0 bridgehead atoms. The van der Waals surface area contributed by atoms with Crippen molar-refractivity contribution in [3.63, 3.8) is 0 Å². The van der Waals surface area contributed by atoms with Crippen LogP contribution in [0, 0.1) is 12.8 Å². The first-order valence-corrected chi connectivity index (χ1v) is 7.90. The minimum Gasteiger partial charge on any atom is -0.372 e. The summed E-state index contributed by atoms with van der Waals surface area (Å²) in [6.45, 7) is 6.59. The molecule has 1 N–H and O–H groups in total. The van der Waals surface area contributed by atoms with Crippen LogP contribution in [0.2, 0.25) is 0 Å². The molecule has 1 aromatic heterocycles. The summed E-state index contributed by atoms with van der Waals surface area (Å²) in [5.41, 5.74) is 2.38. The highest BCUT2D eigenvalue weighted by Crippen LogP contribution is 2.25. The summed E-state index contributed by atoms with van der Waals surface area (Å²) < 4.78 is 4.17. The highest BCUT2D eigenvalue weighted by atomic mass is 32.1. The minimum atomic E-state index is 0.816. The van der Waals surface area contributed by atoms with E-state index >= 15 is 0 Å². The Labute approximate surface area is 124 Å². The Morgan fingerprint density at radius 3 is 2.50 bits per heavy atom. The SMILES string of the molecule is Cc1nsc(Nc2ccc(N3CCC(C)CC3)cc2)n1. The first-order chi connectivity index (χ1) is 9.70. The van der Waals surface area contributed by atoms with Gasteiger partial charge in [-0.15, -0.1) is 0 Å². The first kappa shape index (κ1) is 13.4. The van der Waals surface area contributed by atoms with Crippen molar-refractivity contribution in [2.24, 2.45) is 5.92 Å². The molecule has 1 fully saturated rings. The van der Waals surface area contributed by atoms with Gasteiger partial charge in [0.15, 0.2) is 0 Å². The quantitative estimate of drug-likeness (QED) is 0.932. The first-order valence-electron chi connectivity index (χ1n) is 7.13. The van der Waals surface area contributed by atoms with E-state index in [0.717, 1.165) is 22.6 Å². The monoisotopic (exact) mass is 288 g/mol. The Morgan fingerprint density at radius 1 is 1.20 bits per heavy atom. The molecule has 2 aromatic rings. The van der Waals surface area contributed by atoms with Gasteiger partial charge in [0.2, 0.25) is 5.13 Å². The molecule has 3 rings (SSSR count). The van der Waals surface area contributed by atoms with Gasteiger partial charge in [0.1, 0.15) is 5.82 Å². The summed E-state index contributed by atoms with van der Waals surface area (Å²) in [6.07, 6.45) is 2.59. The number of hydrogen-bond acceptors (Lipinski definition) is 5. The van der Waals surface area contributed by atoms with Crippen LogP contribution in [0.4, 0.5) is 16.5 Å². The zero-order chi connectivity index (χ0) is 13.9. The maximum absolute atomic E-state index is 4.31. The largest absolute Gasteiger partial charge is 0.372 e. The Kier molecular flexibility index (Phi) is 3.87. The van der Waals surface area contributed by atoms with Gasteiger partial charge in [-0.05, 0) is 49.9 Å². The van der Waals surface area contributed by atoms with Gasteiger partial charge in [0, 0.05) is 36.0 Å². The van der Waals surface area contributed by atoms with E-state index in [0.29, 0.717) is 0 Å². The Hall–Kier alpha value is -1.62. The lowest BCUT2D eigenvalue weighted by atomic mass is 9.99. The Bertz CT molecular complexity index is 556. The third kappa shape index (κ3) is 3.10. The summed E-state index contributed by atoms with van der Waals surface area (Å²) in [7, 11) is 0. The Morgan fingerprint density at radius 2 is 1.90 bits per heavy atom. The molecule has 4 nitrogen and oxygen atoms in total. The van der Waals surface area contributed by atoms with Crippen LogP contribution in [-0.4, -0.2) is 22.4 Å². The van der Waals surface area contributed by atoms with Crippen LogP contribution in [-0.2, 0) is 0 Å². The van der Waals surface area contributed by atoms with Crippen molar-refractivity contribution in [2.75, 3.05) is 23.3 Å². The molecular weight excluding hydrogens is 268 g/mol. The van der Waals surface area contributed by atoms with Crippen molar-refractivity contribution >= 4 is 28.0 Å². The highest BCUT2D eigenvalue weighted by Gasteiger charge is 2.15. The van der Waals surface area contributed by atoms with Crippen LogP contribution in [0.1, 0.15) is 25.6 Å². The van der Waals surface area contributed by atoms with Crippen molar-refractivity contribution in [3.8, 4) is 0 Å². The molecule has 5 heteroatoms. The number of rotatable bonds is 3. The third-order valence-corrected chi connectivity index (χ3v) is 4.52. The number of aromatic nitrogens is 2. The number of piperidine rings is 1. The summed E-state index contributed by atoms with van der Waals surface area (Å²) in [6, 6.07) is 8.60. The molecule has 106 valence electrons. The standard InChI is InChI=1S/C15H20N4S/c1-11-7-9-19(10-8-11)14-5-3-13(4-6-14)17-15-16-12(2)18-20-15/h3-6,11H,7-10H2,1-2H3,(H,16,17,18). The van der Waals surface area contributed by atoms with E-state index in [1.165, 1.54) is 43.2 Å². The van der Waals surface area contributed by atoms with Gasteiger partial charge >= 0.3 is 0 Å². The average Bonchev–Trinajstić information content (AvgIpc) is 2.86. The zero-order valence-corrected chi connectivity index (χ0v) is 12.8. The maximum atomic E-state index is 4.31. The molecular formula is C15H20N4S. The summed E-state index contributed by atoms with van der Waals surface area (Å²) >= 11 is 1.39. The molecule has 0 spiro atoms. The second-order valence-corrected chi connectivity index (χ2v) is 6.24. The normalized spacial score (nSPS) is 16.4. The topological polar surface area (TPSA) is 41.1 Å². The molecule has 0 atom stereocenters. The van der Waals surface area contributed by atoms with Crippen LogP contribution in [0.15, 0.2) is 24.3 Å². The number of aryl methyl sites for hydroxylation is 1. The molecule has 1 aliphatic rings. The maximum Gasteiger partial charge on any atom is 0.207 e. The van der Waals surface area contributed by atoms with Gasteiger partial charge in [-0.3, -0.25) is 0 Å². The van der Waals surface area contributed by atoms with E-state index in [2.05, 4.69) is 50.8 Å². The third-order valence-electron chi connectivity index (χ3n) is 3.79. The van der Waals surface area contributed by atoms with E-state index in [4.69, 9.17) is 0 Å². The zero-order valence-electron chi connectivity index (χ0n) is 12.0. The molecule has 2 heterocycles. The number of anilines is 3. The summed E-state index contributed by atoms with van der Waals surface area (Å²) in [5.74, 6) is 1.68. The van der Waals surface area contributed by atoms with E-state index < -0.39 is 0 Å². The molecule has 1 aromatic carbocycles. The second-order valence-electron chi connectivity index (χ2n) is 5.49. The molecule has 0 aliphatic carbocycles. The number of benzene rings is 1. The average molecular weight is 288 g/mol. The second kappa shape index (κ2) is 5.79. The fraction of sp³-hybridized carbons (Fsp3) is 0.467. The minimum absolute atomic E-state index is 0.816. The van der Waals surface area contributed by atoms with E-state index in [-0.39, 0.29) is 0 Å². The predicted octanol–water partition coefficient (Wildman–Crippen LogP) is 3.83. The van der Waals surface area contributed by atoms with Gasteiger partial charge in [-0.1, -0.05) is 6.92 Å². The lowest BCUT2D eigenvalue weighted by Gasteiger charge is -2.32. The molecule has 0 saturated carbocycles. The van der Waals surface area contributed by atoms with Gasteiger partial charge in [0.05, 0.1) is 0 Å². The van der Waals surface area contributed by atoms with E-state index in [9.17, 15) is 0 Å². The molecule has 20 heavy (non-hydrogen) atoms. The van der Waals surface area contributed by atoms with Crippen molar-refractivity contribution in [2.45, 2.75) is 26.7 Å². The molecule has 1 saturated heterocycles. The molecule has 0 radical (unpaired) electrons. The molecule has 0 unspecified atom stereocenters. The lowest BCUT2D eigenvalue weighted by Crippen LogP contribution is -2.32. The van der Waals surface area contributed by atoms with Crippen molar-refractivity contribution < 1.29 is 0 Å². The van der Waals surface area contributed by atoms with Crippen LogP contribution >= 0.6 is 11.5 Å². The smallest absolute Gasteiger partial charge is 0.207 e. The summed E-state index contributed by atoms with van der Waals surface area (Å²) in [4.78, 5) is 6.78. The summed E-state index contributed by atoms with van der Waals surface area (Å²) in [5, 5.41) is 4.14. The van der Waals surface area contributed by atoms with Gasteiger partial charge in [0.25, 0.3) is 0 Å². The predicted molar refractivity (Wildman–Crippen MR) is 85.0 cm³/mol.